The van der Waals surface area contributed by atoms with Gasteiger partial charge in [0.2, 0.25) is 0 Å². The highest BCUT2D eigenvalue weighted by Crippen LogP contribution is 2.72. The van der Waals surface area contributed by atoms with Gasteiger partial charge in [-0.3, -0.25) is 9.59 Å². The Morgan fingerprint density at radius 2 is 1.92 bits per heavy atom. The van der Waals surface area contributed by atoms with Crippen LogP contribution in [0.1, 0.15) is 66.7 Å². The summed E-state index contributed by atoms with van der Waals surface area (Å²) in [5, 5.41) is 6.21. The lowest BCUT2D eigenvalue weighted by atomic mass is 10.0. The third kappa shape index (κ3) is 3.92. The normalized spacial score (nSPS) is 28.5. The molecule has 1 aromatic carbocycles. The molecule has 1 aromatic heterocycles. The fourth-order valence-corrected chi connectivity index (χ4v) is 6.22. The lowest BCUT2D eigenvalue weighted by Crippen LogP contribution is -2.32. The van der Waals surface area contributed by atoms with Crippen LogP contribution in [0, 0.1) is 23.1 Å². The molecule has 36 heavy (non-hydrogen) atoms. The van der Waals surface area contributed by atoms with Gasteiger partial charge in [-0.25, -0.2) is 13.2 Å². The van der Waals surface area contributed by atoms with E-state index in [1.165, 1.54) is 18.2 Å². The number of fused-ring (bicyclic) bond motifs is 1. The maximum atomic E-state index is 14.9. The minimum absolute atomic E-state index is 0.0101. The number of piperidine rings is 1. The molecule has 2 N–H and O–H groups in total. The molecule has 0 bridgehead atoms. The van der Waals surface area contributed by atoms with Crippen LogP contribution < -0.4 is 16.2 Å². The van der Waals surface area contributed by atoms with Crippen molar-refractivity contribution in [2.24, 2.45) is 17.3 Å². The maximum Gasteiger partial charge on any atom is 0.273 e. The molecule has 1 amide bonds. The summed E-state index contributed by atoms with van der Waals surface area (Å²) in [6.07, 6.45) is 4.76. The number of hydrogen-bond acceptors (Lipinski definition) is 4. The van der Waals surface area contributed by atoms with E-state index >= 15 is 0 Å². The Kier molecular flexibility index (Phi) is 5.14. The first-order valence-electron chi connectivity index (χ1n) is 12.7. The highest BCUT2D eigenvalue weighted by Gasteiger charge is 2.64. The number of benzene rings is 1. The smallest absolute Gasteiger partial charge is 0.273 e. The highest BCUT2D eigenvalue weighted by molar-refractivity contribution is 5.99. The summed E-state index contributed by atoms with van der Waals surface area (Å²) in [7, 11) is 2.08. The molecule has 3 saturated carbocycles. The lowest BCUT2D eigenvalue weighted by molar-refractivity contribution is 0.0135. The second-order valence-corrected chi connectivity index (χ2v) is 11.4. The molecule has 6 rings (SSSR count). The van der Waals surface area contributed by atoms with Gasteiger partial charge in [-0.2, -0.15) is 0 Å². The number of pyridine rings is 1. The molecule has 0 radical (unpaired) electrons. The molecule has 192 valence electrons. The van der Waals surface area contributed by atoms with Crippen LogP contribution in [0.25, 0.3) is 0 Å². The van der Waals surface area contributed by atoms with E-state index < -0.39 is 29.3 Å². The average Bonchev–Trinajstić information content (AvgIpc) is 3.76. The lowest BCUT2D eigenvalue weighted by Gasteiger charge is -2.21. The predicted molar refractivity (Wildman–Crippen MR) is 130 cm³/mol. The van der Waals surface area contributed by atoms with Gasteiger partial charge in [0.25, 0.3) is 17.4 Å². The van der Waals surface area contributed by atoms with Crippen molar-refractivity contribution in [1.82, 2.24) is 14.8 Å². The van der Waals surface area contributed by atoms with Crippen molar-refractivity contribution in [2.45, 2.75) is 57.2 Å². The van der Waals surface area contributed by atoms with Crippen LogP contribution in [0.2, 0.25) is 0 Å². The van der Waals surface area contributed by atoms with Gasteiger partial charge in [-0.1, -0.05) is 18.2 Å². The van der Waals surface area contributed by atoms with E-state index in [1.54, 1.807) is 17.7 Å². The Bertz CT molecular complexity index is 1290. The number of aromatic nitrogens is 1. The zero-order chi connectivity index (χ0) is 25.6. The molecule has 1 spiro atoms. The molecule has 4 fully saturated rings. The van der Waals surface area contributed by atoms with E-state index in [0.29, 0.717) is 30.0 Å². The summed E-state index contributed by atoms with van der Waals surface area (Å²) >= 11 is 0. The Balaban J connectivity index is 1.28. The van der Waals surface area contributed by atoms with Gasteiger partial charge in [0, 0.05) is 49.9 Å². The molecular formula is C27H31F3N4O2. The van der Waals surface area contributed by atoms with Crippen molar-refractivity contribution < 1.29 is 18.0 Å². The van der Waals surface area contributed by atoms with Gasteiger partial charge in [-0.15, -0.1) is 0 Å². The van der Waals surface area contributed by atoms with Gasteiger partial charge in [0.05, 0.1) is 22.9 Å². The molecule has 2 aromatic rings. The van der Waals surface area contributed by atoms with E-state index in [4.69, 9.17) is 0 Å². The fraction of sp³-hybridized carbons (Fsp3) is 0.556. The van der Waals surface area contributed by atoms with Crippen molar-refractivity contribution in [3.63, 3.8) is 0 Å². The molecule has 1 saturated heterocycles. The Morgan fingerprint density at radius 3 is 2.53 bits per heavy atom. The standard InChI is InChI=1S/C27H31F3N4O2/c1-14(15-5-4-6-19(23(15)28)26(2,29)30)31-25(36)18-13-34(21-10-27(21)7-8-27)22(35)9-20(18)32-24-16-11-33(3)12-17(16)24/h4-6,9,13-14,16-17,21,24,32H,7-8,10-12H2,1-3H3,(H,31,36)/t14-,16-,17+,21+,24?/m1/s1. The van der Waals surface area contributed by atoms with Gasteiger partial charge in [-0.05, 0) is 50.5 Å². The number of likely N-dealkylation sites (tertiary alicyclic amines) is 1. The average molecular weight is 501 g/mol. The predicted octanol–water partition coefficient (Wildman–Crippen LogP) is 4.29. The molecule has 6 nitrogen and oxygen atoms in total. The number of nitrogens with zero attached hydrogens (tertiary/aromatic N) is 2. The van der Waals surface area contributed by atoms with Gasteiger partial charge < -0.3 is 20.1 Å². The minimum Gasteiger partial charge on any atom is -0.381 e. The molecule has 4 aliphatic rings. The number of alkyl halides is 2. The third-order valence-corrected chi connectivity index (χ3v) is 8.71. The van der Waals surface area contributed by atoms with Crippen LogP contribution in [0.15, 0.2) is 35.3 Å². The van der Waals surface area contributed by atoms with Gasteiger partial charge in [0.1, 0.15) is 5.82 Å². The number of halogens is 3. The molecule has 1 aliphatic heterocycles. The SMILES string of the molecule is C[C@@H](NC(=O)c1cn([C@H]2CC23CC3)c(=O)cc1NC1[C@H]2CN(C)C[C@@H]12)c1cccc(C(C)(F)F)c1F. The molecule has 1 unspecified atom stereocenters. The van der Waals surface area contributed by atoms with Crippen molar-refractivity contribution in [2.75, 3.05) is 25.5 Å². The summed E-state index contributed by atoms with van der Waals surface area (Å²) in [5.41, 5.74) is 0.160. The van der Waals surface area contributed by atoms with Gasteiger partial charge >= 0.3 is 0 Å². The number of carbonyl (C=O) groups is 1. The van der Waals surface area contributed by atoms with Crippen LogP contribution >= 0.6 is 0 Å². The summed E-state index contributed by atoms with van der Waals surface area (Å²) < 4.78 is 44.3. The van der Waals surface area contributed by atoms with E-state index in [-0.39, 0.29) is 28.6 Å². The quantitative estimate of drug-likeness (QED) is 0.596. The van der Waals surface area contributed by atoms with Crippen molar-refractivity contribution in [3.8, 4) is 0 Å². The number of anilines is 1. The monoisotopic (exact) mass is 500 g/mol. The fourth-order valence-electron chi connectivity index (χ4n) is 6.22. The van der Waals surface area contributed by atoms with Crippen LogP contribution in [-0.4, -0.2) is 41.6 Å². The van der Waals surface area contributed by atoms with Crippen LogP contribution in [0.3, 0.4) is 0 Å². The Labute approximate surface area is 207 Å². The second kappa shape index (κ2) is 7.84. The topological polar surface area (TPSA) is 66.4 Å². The largest absolute Gasteiger partial charge is 0.381 e. The van der Waals surface area contributed by atoms with E-state index in [0.717, 1.165) is 38.4 Å². The zero-order valence-electron chi connectivity index (χ0n) is 20.7. The summed E-state index contributed by atoms with van der Waals surface area (Å²) in [6, 6.07) is 4.79. The molecule has 5 atom stereocenters. The van der Waals surface area contributed by atoms with Crippen molar-refractivity contribution in [1.29, 1.82) is 0 Å². The molecule has 2 heterocycles. The summed E-state index contributed by atoms with van der Waals surface area (Å²) in [5.74, 6) is -3.86. The van der Waals surface area contributed by atoms with Gasteiger partial charge in [0.15, 0.2) is 0 Å². The van der Waals surface area contributed by atoms with E-state index in [2.05, 4.69) is 22.6 Å². The summed E-state index contributed by atoms with van der Waals surface area (Å²) in [6.45, 7) is 4.16. The first-order valence-corrected chi connectivity index (χ1v) is 12.7. The van der Waals surface area contributed by atoms with Crippen molar-refractivity contribution >= 4 is 11.6 Å². The number of amides is 1. The highest BCUT2D eigenvalue weighted by atomic mass is 19.3. The number of hydrogen-bond donors (Lipinski definition) is 2. The Hall–Kier alpha value is -2.81. The maximum absolute atomic E-state index is 14.9. The minimum atomic E-state index is -3.34. The van der Waals surface area contributed by atoms with Crippen LogP contribution in [-0.2, 0) is 5.92 Å². The number of carbonyl (C=O) groups excluding carboxylic acids is 1. The first kappa shape index (κ1) is 23.6. The number of rotatable bonds is 7. The van der Waals surface area contributed by atoms with Crippen LogP contribution in [0.5, 0.6) is 0 Å². The Morgan fingerprint density at radius 1 is 1.22 bits per heavy atom. The molecule has 9 heteroatoms. The molecule has 3 aliphatic carbocycles. The number of nitrogens with one attached hydrogen (secondary N) is 2. The first-order chi connectivity index (χ1) is 17.0. The van der Waals surface area contributed by atoms with E-state index in [1.807, 2.05) is 0 Å². The molecular weight excluding hydrogens is 469 g/mol. The van der Waals surface area contributed by atoms with Crippen molar-refractivity contribution in [3.05, 3.63) is 63.3 Å². The second-order valence-electron chi connectivity index (χ2n) is 11.4. The third-order valence-electron chi connectivity index (χ3n) is 8.71. The van der Waals surface area contributed by atoms with Crippen LogP contribution in [0.4, 0.5) is 18.9 Å². The summed E-state index contributed by atoms with van der Waals surface area (Å²) in [4.78, 5) is 28.7. The van der Waals surface area contributed by atoms with E-state index in [9.17, 15) is 22.8 Å². The zero-order valence-corrected chi connectivity index (χ0v) is 20.7.